The standard InChI is InChI=1S/C15H30N2/c1-2-10-16-15(13-17-11-6-7-12-17)14-8-4-3-5-9-14/h14-16H,2-13H2,1H3. The van der Waals surface area contributed by atoms with Gasteiger partial charge < -0.3 is 10.2 Å². The molecular formula is C15H30N2. The van der Waals surface area contributed by atoms with Crippen molar-refractivity contribution in [2.75, 3.05) is 26.2 Å². The van der Waals surface area contributed by atoms with Crippen LogP contribution in [0.3, 0.4) is 0 Å². The highest BCUT2D eigenvalue weighted by molar-refractivity contribution is 4.83. The summed E-state index contributed by atoms with van der Waals surface area (Å²) in [6, 6.07) is 0.772. The quantitative estimate of drug-likeness (QED) is 0.765. The number of nitrogens with zero attached hydrogens (tertiary/aromatic N) is 1. The monoisotopic (exact) mass is 238 g/mol. The normalized spacial score (nSPS) is 25.2. The molecule has 100 valence electrons. The molecule has 0 amide bonds. The zero-order valence-corrected chi connectivity index (χ0v) is 11.6. The Morgan fingerprint density at radius 1 is 1.06 bits per heavy atom. The molecule has 1 heterocycles. The number of hydrogen-bond donors (Lipinski definition) is 1. The van der Waals surface area contributed by atoms with Crippen LogP contribution in [0.4, 0.5) is 0 Å². The minimum absolute atomic E-state index is 0.772. The summed E-state index contributed by atoms with van der Waals surface area (Å²) in [6.07, 6.45) is 11.5. The first-order chi connectivity index (χ1) is 8.40. The summed E-state index contributed by atoms with van der Waals surface area (Å²) in [6.45, 7) is 7.48. The number of hydrogen-bond acceptors (Lipinski definition) is 2. The molecule has 2 nitrogen and oxygen atoms in total. The van der Waals surface area contributed by atoms with Crippen LogP contribution in [0.15, 0.2) is 0 Å². The summed E-state index contributed by atoms with van der Waals surface area (Å²) in [5.41, 5.74) is 0. The van der Waals surface area contributed by atoms with Crippen LogP contribution in [0, 0.1) is 5.92 Å². The smallest absolute Gasteiger partial charge is 0.0223 e. The molecule has 1 atom stereocenters. The third kappa shape index (κ3) is 4.26. The molecule has 0 spiro atoms. The van der Waals surface area contributed by atoms with E-state index in [9.17, 15) is 0 Å². The molecule has 2 fully saturated rings. The molecule has 2 rings (SSSR count). The molecule has 1 N–H and O–H groups in total. The van der Waals surface area contributed by atoms with Gasteiger partial charge in [0.15, 0.2) is 0 Å². The minimum Gasteiger partial charge on any atom is -0.312 e. The Kier molecular flexibility index (Phi) is 5.79. The zero-order valence-electron chi connectivity index (χ0n) is 11.6. The molecule has 1 saturated carbocycles. The molecule has 0 radical (unpaired) electrons. The summed E-state index contributed by atoms with van der Waals surface area (Å²) < 4.78 is 0. The van der Waals surface area contributed by atoms with Crippen molar-refractivity contribution >= 4 is 0 Å². The molecule has 2 aliphatic rings. The van der Waals surface area contributed by atoms with Crippen LogP contribution in [0.25, 0.3) is 0 Å². The third-order valence-electron chi connectivity index (χ3n) is 4.53. The van der Waals surface area contributed by atoms with Crippen LogP contribution >= 0.6 is 0 Å². The molecular weight excluding hydrogens is 208 g/mol. The van der Waals surface area contributed by atoms with Gasteiger partial charge in [0.1, 0.15) is 0 Å². The fraction of sp³-hybridized carbons (Fsp3) is 1.00. The van der Waals surface area contributed by atoms with E-state index in [0.717, 1.165) is 12.0 Å². The third-order valence-corrected chi connectivity index (χ3v) is 4.53. The van der Waals surface area contributed by atoms with Gasteiger partial charge in [-0.1, -0.05) is 26.2 Å². The first-order valence-corrected chi connectivity index (χ1v) is 7.86. The van der Waals surface area contributed by atoms with Crippen LogP contribution in [0.2, 0.25) is 0 Å². The van der Waals surface area contributed by atoms with E-state index in [1.165, 1.54) is 77.5 Å². The molecule has 0 aromatic rings. The van der Waals surface area contributed by atoms with Crippen LogP contribution in [0.5, 0.6) is 0 Å². The molecule has 0 aromatic heterocycles. The van der Waals surface area contributed by atoms with Crippen molar-refractivity contribution in [1.29, 1.82) is 0 Å². The van der Waals surface area contributed by atoms with E-state index in [1.54, 1.807) is 0 Å². The predicted molar refractivity (Wildman–Crippen MR) is 74.3 cm³/mol. The van der Waals surface area contributed by atoms with Gasteiger partial charge >= 0.3 is 0 Å². The SMILES string of the molecule is CCCNC(CN1CCCC1)C1CCCCC1. The summed E-state index contributed by atoms with van der Waals surface area (Å²) in [7, 11) is 0. The number of nitrogens with one attached hydrogen (secondary N) is 1. The summed E-state index contributed by atoms with van der Waals surface area (Å²) in [5, 5.41) is 3.82. The van der Waals surface area contributed by atoms with E-state index >= 15 is 0 Å². The van der Waals surface area contributed by atoms with Gasteiger partial charge in [-0.3, -0.25) is 0 Å². The second-order valence-electron chi connectivity index (χ2n) is 5.97. The average Bonchev–Trinajstić information content (AvgIpc) is 2.88. The van der Waals surface area contributed by atoms with Gasteiger partial charge in [0.2, 0.25) is 0 Å². The lowest BCUT2D eigenvalue weighted by atomic mass is 9.83. The Hall–Kier alpha value is -0.0800. The molecule has 1 aliphatic heterocycles. The Balaban J connectivity index is 1.81. The van der Waals surface area contributed by atoms with Gasteiger partial charge in [-0.15, -0.1) is 0 Å². The Morgan fingerprint density at radius 2 is 1.76 bits per heavy atom. The highest BCUT2D eigenvalue weighted by atomic mass is 15.2. The molecule has 2 heteroatoms. The van der Waals surface area contributed by atoms with Crippen molar-refractivity contribution in [2.45, 2.75) is 64.3 Å². The van der Waals surface area contributed by atoms with Crippen molar-refractivity contribution in [3.63, 3.8) is 0 Å². The Bertz CT molecular complexity index is 193. The van der Waals surface area contributed by atoms with Crippen LogP contribution in [-0.4, -0.2) is 37.1 Å². The van der Waals surface area contributed by atoms with Crippen LogP contribution < -0.4 is 5.32 Å². The van der Waals surface area contributed by atoms with E-state index < -0.39 is 0 Å². The maximum absolute atomic E-state index is 3.82. The number of rotatable bonds is 6. The molecule has 1 saturated heterocycles. The van der Waals surface area contributed by atoms with Crippen molar-refractivity contribution in [3.8, 4) is 0 Å². The van der Waals surface area contributed by atoms with E-state index in [4.69, 9.17) is 0 Å². The lowest BCUT2D eigenvalue weighted by molar-refractivity contribution is 0.205. The number of likely N-dealkylation sites (tertiary alicyclic amines) is 1. The van der Waals surface area contributed by atoms with Crippen LogP contribution in [-0.2, 0) is 0 Å². The van der Waals surface area contributed by atoms with Gasteiger partial charge in [-0.25, -0.2) is 0 Å². The maximum Gasteiger partial charge on any atom is 0.0223 e. The molecule has 1 aliphatic carbocycles. The predicted octanol–water partition coefficient (Wildman–Crippen LogP) is 3.03. The second-order valence-corrected chi connectivity index (χ2v) is 5.97. The van der Waals surface area contributed by atoms with Crippen molar-refractivity contribution in [2.24, 2.45) is 5.92 Å². The molecule has 0 bridgehead atoms. The molecule has 1 unspecified atom stereocenters. The summed E-state index contributed by atoms with van der Waals surface area (Å²) in [4.78, 5) is 2.68. The van der Waals surface area contributed by atoms with Gasteiger partial charge in [-0.05, 0) is 57.7 Å². The van der Waals surface area contributed by atoms with E-state index in [0.29, 0.717) is 0 Å². The topological polar surface area (TPSA) is 15.3 Å². The van der Waals surface area contributed by atoms with Gasteiger partial charge in [0.25, 0.3) is 0 Å². The largest absolute Gasteiger partial charge is 0.312 e. The summed E-state index contributed by atoms with van der Waals surface area (Å²) in [5.74, 6) is 0.955. The van der Waals surface area contributed by atoms with Crippen molar-refractivity contribution < 1.29 is 0 Å². The lowest BCUT2D eigenvalue weighted by Gasteiger charge is -2.33. The van der Waals surface area contributed by atoms with Crippen molar-refractivity contribution in [3.05, 3.63) is 0 Å². The van der Waals surface area contributed by atoms with E-state index in [-0.39, 0.29) is 0 Å². The summed E-state index contributed by atoms with van der Waals surface area (Å²) >= 11 is 0. The first kappa shape index (κ1) is 13.4. The van der Waals surface area contributed by atoms with Gasteiger partial charge in [0, 0.05) is 12.6 Å². The van der Waals surface area contributed by atoms with Crippen molar-refractivity contribution in [1.82, 2.24) is 10.2 Å². The highest BCUT2D eigenvalue weighted by Gasteiger charge is 2.25. The van der Waals surface area contributed by atoms with E-state index in [1.807, 2.05) is 0 Å². The second kappa shape index (κ2) is 7.38. The maximum atomic E-state index is 3.82. The minimum atomic E-state index is 0.772. The fourth-order valence-electron chi connectivity index (χ4n) is 3.49. The lowest BCUT2D eigenvalue weighted by Crippen LogP contribution is -2.45. The molecule has 0 aromatic carbocycles. The fourth-order valence-corrected chi connectivity index (χ4v) is 3.49. The van der Waals surface area contributed by atoms with E-state index in [2.05, 4.69) is 17.1 Å². The average molecular weight is 238 g/mol. The van der Waals surface area contributed by atoms with Crippen LogP contribution in [0.1, 0.15) is 58.3 Å². The molecule has 17 heavy (non-hydrogen) atoms. The highest BCUT2D eigenvalue weighted by Crippen LogP contribution is 2.27. The Morgan fingerprint density at radius 3 is 2.41 bits per heavy atom. The Labute approximate surface area is 107 Å². The van der Waals surface area contributed by atoms with Gasteiger partial charge in [-0.2, -0.15) is 0 Å². The van der Waals surface area contributed by atoms with Gasteiger partial charge in [0.05, 0.1) is 0 Å². The zero-order chi connectivity index (χ0) is 11.9. The first-order valence-electron chi connectivity index (χ1n) is 7.86.